The Morgan fingerprint density at radius 2 is 2.11 bits per heavy atom. The van der Waals surface area contributed by atoms with Gasteiger partial charge in [0.15, 0.2) is 0 Å². The van der Waals surface area contributed by atoms with E-state index in [2.05, 4.69) is 29.6 Å². The third-order valence-corrected chi connectivity index (χ3v) is 5.25. The summed E-state index contributed by atoms with van der Waals surface area (Å²) in [7, 11) is 0. The SMILES string of the molecule is c1ccc(C2CCCNC2)c(OC2CCCSC2)c1. The van der Waals surface area contributed by atoms with Crippen molar-refractivity contribution in [2.75, 3.05) is 24.6 Å². The van der Waals surface area contributed by atoms with Crippen molar-refractivity contribution in [1.82, 2.24) is 5.32 Å². The summed E-state index contributed by atoms with van der Waals surface area (Å²) in [5, 5.41) is 3.50. The van der Waals surface area contributed by atoms with Gasteiger partial charge in [-0.25, -0.2) is 0 Å². The van der Waals surface area contributed by atoms with Crippen LogP contribution in [0.3, 0.4) is 0 Å². The van der Waals surface area contributed by atoms with E-state index in [1.165, 1.54) is 43.5 Å². The number of nitrogens with one attached hydrogen (secondary N) is 1. The van der Waals surface area contributed by atoms with Crippen LogP contribution < -0.4 is 10.1 Å². The van der Waals surface area contributed by atoms with Crippen LogP contribution in [0.25, 0.3) is 0 Å². The number of hydrogen-bond acceptors (Lipinski definition) is 3. The molecule has 2 nitrogen and oxygen atoms in total. The molecular weight excluding hydrogens is 254 g/mol. The van der Waals surface area contributed by atoms with Gasteiger partial charge in [0, 0.05) is 18.2 Å². The Morgan fingerprint density at radius 3 is 2.89 bits per heavy atom. The third-order valence-electron chi connectivity index (χ3n) is 4.07. The van der Waals surface area contributed by atoms with Crippen LogP contribution in [0.5, 0.6) is 5.75 Å². The van der Waals surface area contributed by atoms with Crippen LogP contribution in [-0.4, -0.2) is 30.7 Å². The molecule has 2 unspecified atom stereocenters. The van der Waals surface area contributed by atoms with Crippen LogP contribution >= 0.6 is 11.8 Å². The van der Waals surface area contributed by atoms with Gasteiger partial charge < -0.3 is 10.1 Å². The molecule has 3 heteroatoms. The molecule has 3 rings (SSSR count). The van der Waals surface area contributed by atoms with Gasteiger partial charge in [0.1, 0.15) is 11.9 Å². The van der Waals surface area contributed by atoms with Gasteiger partial charge in [-0.15, -0.1) is 0 Å². The molecule has 1 aromatic rings. The van der Waals surface area contributed by atoms with E-state index in [-0.39, 0.29) is 0 Å². The minimum absolute atomic E-state index is 0.413. The average Bonchev–Trinajstić information content (AvgIpc) is 2.50. The van der Waals surface area contributed by atoms with Crippen molar-refractivity contribution in [2.24, 2.45) is 0 Å². The molecule has 2 aliphatic rings. The van der Waals surface area contributed by atoms with Crippen molar-refractivity contribution in [3.05, 3.63) is 29.8 Å². The van der Waals surface area contributed by atoms with E-state index in [9.17, 15) is 0 Å². The van der Waals surface area contributed by atoms with Gasteiger partial charge in [-0.2, -0.15) is 11.8 Å². The predicted molar refractivity (Wildman–Crippen MR) is 82.3 cm³/mol. The lowest BCUT2D eigenvalue weighted by Gasteiger charge is -2.28. The molecule has 0 radical (unpaired) electrons. The first-order valence-corrected chi connectivity index (χ1v) is 8.63. The van der Waals surface area contributed by atoms with E-state index in [0.717, 1.165) is 18.0 Å². The van der Waals surface area contributed by atoms with Gasteiger partial charge in [-0.05, 0) is 49.6 Å². The summed E-state index contributed by atoms with van der Waals surface area (Å²) in [5.41, 5.74) is 1.41. The molecule has 104 valence electrons. The average molecular weight is 277 g/mol. The standard InChI is InChI=1S/C16H23NOS/c1-2-8-16(18-14-6-4-10-19-12-14)15(7-1)13-5-3-9-17-11-13/h1-2,7-8,13-14,17H,3-6,9-12H2. The second kappa shape index (κ2) is 6.67. The van der Waals surface area contributed by atoms with Gasteiger partial charge in [-0.3, -0.25) is 0 Å². The monoisotopic (exact) mass is 277 g/mol. The number of ether oxygens (including phenoxy) is 1. The molecule has 0 aliphatic carbocycles. The Balaban J connectivity index is 1.72. The lowest BCUT2D eigenvalue weighted by Crippen LogP contribution is -2.29. The molecule has 2 heterocycles. The van der Waals surface area contributed by atoms with Crippen molar-refractivity contribution >= 4 is 11.8 Å². The lowest BCUT2D eigenvalue weighted by atomic mass is 9.91. The number of rotatable bonds is 3. The fourth-order valence-corrected chi connectivity index (χ4v) is 4.06. The first kappa shape index (κ1) is 13.3. The molecule has 0 spiro atoms. The summed E-state index contributed by atoms with van der Waals surface area (Å²) < 4.78 is 6.29. The summed E-state index contributed by atoms with van der Waals surface area (Å²) in [6, 6.07) is 8.66. The van der Waals surface area contributed by atoms with Gasteiger partial charge in [-0.1, -0.05) is 18.2 Å². The summed E-state index contributed by atoms with van der Waals surface area (Å²) >= 11 is 2.03. The van der Waals surface area contributed by atoms with Crippen LogP contribution in [0, 0.1) is 0 Å². The first-order valence-electron chi connectivity index (χ1n) is 7.47. The number of para-hydroxylation sites is 1. The number of piperidine rings is 1. The molecule has 0 aromatic heterocycles. The maximum absolute atomic E-state index is 6.29. The van der Waals surface area contributed by atoms with Crippen molar-refractivity contribution < 1.29 is 4.74 Å². The highest BCUT2D eigenvalue weighted by atomic mass is 32.2. The van der Waals surface area contributed by atoms with Gasteiger partial charge in [0.2, 0.25) is 0 Å². The molecule has 19 heavy (non-hydrogen) atoms. The van der Waals surface area contributed by atoms with Gasteiger partial charge in [0.25, 0.3) is 0 Å². The summed E-state index contributed by atoms with van der Waals surface area (Å²) in [6.45, 7) is 2.26. The molecule has 0 amide bonds. The van der Waals surface area contributed by atoms with Crippen LogP contribution in [0.15, 0.2) is 24.3 Å². The normalized spacial score (nSPS) is 28.0. The van der Waals surface area contributed by atoms with E-state index in [1.54, 1.807) is 0 Å². The van der Waals surface area contributed by atoms with Crippen LogP contribution in [-0.2, 0) is 0 Å². The number of benzene rings is 1. The first-order chi connectivity index (χ1) is 9.43. The Bertz CT molecular complexity index is 397. The van der Waals surface area contributed by atoms with Crippen molar-refractivity contribution in [1.29, 1.82) is 0 Å². The van der Waals surface area contributed by atoms with E-state index >= 15 is 0 Å². The Labute approximate surface area is 120 Å². The topological polar surface area (TPSA) is 21.3 Å². The molecule has 0 bridgehead atoms. The van der Waals surface area contributed by atoms with E-state index in [4.69, 9.17) is 4.74 Å². The molecule has 1 N–H and O–H groups in total. The maximum Gasteiger partial charge on any atom is 0.123 e. The Morgan fingerprint density at radius 1 is 1.16 bits per heavy atom. The molecule has 2 atom stereocenters. The number of thioether (sulfide) groups is 1. The highest BCUT2D eigenvalue weighted by Gasteiger charge is 2.21. The fourth-order valence-electron chi connectivity index (χ4n) is 3.03. The van der Waals surface area contributed by atoms with E-state index in [0.29, 0.717) is 12.0 Å². The maximum atomic E-state index is 6.29. The quantitative estimate of drug-likeness (QED) is 0.914. The third kappa shape index (κ3) is 3.46. The molecular formula is C16H23NOS. The molecule has 1 aromatic carbocycles. The zero-order valence-corrected chi connectivity index (χ0v) is 12.3. The minimum atomic E-state index is 0.413. The Hall–Kier alpha value is -0.670. The van der Waals surface area contributed by atoms with Crippen LogP contribution in [0.1, 0.15) is 37.2 Å². The molecule has 2 aliphatic heterocycles. The summed E-state index contributed by atoms with van der Waals surface area (Å²) in [4.78, 5) is 0. The van der Waals surface area contributed by atoms with E-state index < -0.39 is 0 Å². The second-order valence-corrected chi connectivity index (χ2v) is 6.69. The Kier molecular flexibility index (Phi) is 4.67. The fraction of sp³-hybridized carbons (Fsp3) is 0.625. The molecule has 0 saturated carbocycles. The summed E-state index contributed by atoms with van der Waals surface area (Å²) in [6.07, 6.45) is 5.48. The largest absolute Gasteiger partial charge is 0.489 e. The second-order valence-electron chi connectivity index (χ2n) is 5.54. The van der Waals surface area contributed by atoms with Crippen LogP contribution in [0.4, 0.5) is 0 Å². The molecule has 2 saturated heterocycles. The zero-order chi connectivity index (χ0) is 12.9. The predicted octanol–water partition coefficient (Wildman–Crippen LogP) is 3.43. The minimum Gasteiger partial charge on any atom is -0.489 e. The van der Waals surface area contributed by atoms with Crippen molar-refractivity contribution in [3.63, 3.8) is 0 Å². The van der Waals surface area contributed by atoms with Crippen molar-refractivity contribution in [3.8, 4) is 5.75 Å². The lowest BCUT2D eigenvalue weighted by molar-refractivity contribution is 0.207. The molecule has 2 fully saturated rings. The summed E-state index contributed by atoms with van der Waals surface area (Å²) in [5.74, 6) is 4.20. The number of hydrogen-bond donors (Lipinski definition) is 1. The highest BCUT2D eigenvalue weighted by Crippen LogP contribution is 2.33. The van der Waals surface area contributed by atoms with Crippen LogP contribution in [0.2, 0.25) is 0 Å². The smallest absolute Gasteiger partial charge is 0.123 e. The van der Waals surface area contributed by atoms with Gasteiger partial charge >= 0.3 is 0 Å². The zero-order valence-electron chi connectivity index (χ0n) is 11.4. The van der Waals surface area contributed by atoms with E-state index in [1.807, 2.05) is 11.8 Å². The highest BCUT2D eigenvalue weighted by molar-refractivity contribution is 7.99. The van der Waals surface area contributed by atoms with Gasteiger partial charge in [0.05, 0.1) is 0 Å². The van der Waals surface area contributed by atoms with Crippen molar-refractivity contribution in [2.45, 2.75) is 37.7 Å².